The highest BCUT2D eigenvalue weighted by Crippen LogP contribution is 2.43. The Labute approximate surface area is 206 Å². The molecule has 8 heteroatoms. The summed E-state index contributed by atoms with van der Waals surface area (Å²) in [6.07, 6.45) is -0.0304. The minimum Gasteiger partial charge on any atom is -0.507 e. The molecular formula is C26H20Cl2FNO4. The Morgan fingerprint density at radius 2 is 1.65 bits per heavy atom. The third-order valence-electron chi connectivity index (χ3n) is 5.31. The summed E-state index contributed by atoms with van der Waals surface area (Å²) in [6.45, 7) is 3.78. The number of carbonyl (C=O) groups excluding carboxylic acids is 2. The Balaban J connectivity index is 1.87. The zero-order valence-electron chi connectivity index (χ0n) is 18.3. The average molecular weight is 500 g/mol. The maximum Gasteiger partial charge on any atom is 0.300 e. The highest BCUT2D eigenvalue weighted by atomic mass is 35.5. The van der Waals surface area contributed by atoms with Crippen LogP contribution in [0.2, 0.25) is 10.0 Å². The van der Waals surface area contributed by atoms with Crippen LogP contribution in [0.15, 0.2) is 72.3 Å². The van der Waals surface area contributed by atoms with Gasteiger partial charge in [-0.25, -0.2) is 4.39 Å². The molecule has 1 fully saturated rings. The lowest BCUT2D eigenvalue weighted by atomic mass is 9.95. The molecule has 1 amide bonds. The minimum atomic E-state index is -0.981. The number of Topliss-reactive ketones (excluding diaryl/α,β-unsaturated/α-hetero) is 1. The fraction of sp³-hybridized carbons (Fsp3) is 0.154. The van der Waals surface area contributed by atoms with Crippen molar-refractivity contribution in [1.82, 2.24) is 0 Å². The van der Waals surface area contributed by atoms with Crippen LogP contribution in [0.25, 0.3) is 5.76 Å². The van der Waals surface area contributed by atoms with E-state index in [0.717, 1.165) is 6.07 Å². The van der Waals surface area contributed by atoms with E-state index in [1.54, 1.807) is 48.5 Å². The second-order valence-corrected chi connectivity index (χ2v) is 8.85. The zero-order valence-corrected chi connectivity index (χ0v) is 19.8. The van der Waals surface area contributed by atoms with E-state index in [1.165, 1.54) is 17.0 Å². The topological polar surface area (TPSA) is 66.8 Å². The van der Waals surface area contributed by atoms with Gasteiger partial charge in [-0.1, -0.05) is 35.3 Å². The molecule has 1 aliphatic rings. The van der Waals surface area contributed by atoms with Gasteiger partial charge in [0, 0.05) is 16.3 Å². The maximum atomic E-state index is 13.8. The molecule has 0 aromatic heterocycles. The third-order valence-corrected chi connectivity index (χ3v) is 5.85. The molecule has 1 saturated heterocycles. The number of ether oxygens (including phenoxy) is 1. The van der Waals surface area contributed by atoms with Gasteiger partial charge in [0.1, 0.15) is 17.3 Å². The van der Waals surface area contributed by atoms with Gasteiger partial charge in [0.15, 0.2) is 0 Å². The molecule has 1 atom stereocenters. The summed E-state index contributed by atoms with van der Waals surface area (Å²) in [4.78, 5) is 27.5. The van der Waals surface area contributed by atoms with Gasteiger partial charge in [0.2, 0.25) is 0 Å². The highest BCUT2D eigenvalue weighted by Gasteiger charge is 2.47. The van der Waals surface area contributed by atoms with Crippen molar-refractivity contribution in [3.8, 4) is 5.75 Å². The molecule has 0 aliphatic carbocycles. The number of aliphatic hydroxyl groups excluding tert-OH is 1. The maximum absolute atomic E-state index is 13.8. The summed E-state index contributed by atoms with van der Waals surface area (Å²) in [5.41, 5.74) is 0.981. The summed E-state index contributed by atoms with van der Waals surface area (Å²) in [5.74, 6) is -2.15. The summed E-state index contributed by atoms with van der Waals surface area (Å²) in [6, 6.07) is 15.9. The molecule has 0 saturated carbocycles. The fourth-order valence-corrected chi connectivity index (χ4v) is 4.11. The van der Waals surface area contributed by atoms with Gasteiger partial charge in [0.25, 0.3) is 11.7 Å². The van der Waals surface area contributed by atoms with Gasteiger partial charge in [-0.3, -0.25) is 14.5 Å². The number of carbonyl (C=O) groups is 2. The summed E-state index contributed by atoms with van der Waals surface area (Å²) >= 11 is 12.0. The van der Waals surface area contributed by atoms with Crippen molar-refractivity contribution >= 4 is 46.3 Å². The van der Waals surface area contributed by atoms with Crippen LogP contribution in [0.4, 0.5) is 10.1 Å². The van der Waals surface area contributed by atoms with E-state index in [0.29, 0.717) is 21.9 Å². The van der Waals surface area contributed by atoms with Crippen LogP contribution in [0, 0.1) is 5.82 Å². The number of anilines is 1. The van der Waals surface area contributed by atoms with Crippen LogP contribution in [0.1, 0.15) is 31.0 Å². The number of hydrogen-bond acceptors (Lipinski definition) is 4. The van der Waals surface area contributed by atoms with Crippen molar-refractivity contribution in [2.24, 2.45) is 0 Å². The summed E-state index contributed by atoms with van der Waals surface area (Å²) in [5, 5.41) is 11.4. The van der Waals surface area contributed by atoms with Crippen LogP contribution in [0.3, 0.4) is 0 Å². The van der Waals surface area contributed by atoms with E-state index >= 15 is 0 Å². The van der Waals surface area contributed by atoms with E-state index in [4.69, 9.17) is 27.9 Å². The van der Waals surface area contributed by atoms with Crippen LogP contribution in [0.5, 0.6) is 5.75 Å². The number of aliphatic hydroxyl groups is 1. The molecule has 4 rings (SSSR count). The highest BCUT2D eigenvalue weighted by molar-refractivity contribution is 6.51. The number of benzene rings is 3. The quantitative estimate of drug-likeness (QED) is 0.245. The Bertz CT molecular complexity index is 1290. The van der Waals surface area contributed by atoms with Gasteiger partial charge in [-0.15, -0.1) is 0 Å². The second kappa shape index (κ2) is 9.49. The first kappa shape index (κ1) is 23.8. The van der Waals surface area contributed by atoms with Crippen molar-refractivity contribution in [2.75, 3.05) is 4.90 Å². The Morgan fingerprint density at radius 3 is 2.24 bits per heavy atom. The van der Waals surface area contributed by atoms with E-state index in [1.807, 2.05) is 13.8 Å². The molecule has 5 nitrogen and oxygen atoms in total. The summed E-state index contributed by atoms with van der Waals surface area (Å²) < 4.78 is 19.4. The van der Waals surface area contributed by atoms with Crippen LogP contribution in [-0.2, 0) is 9.59 Å². The predicted molar refractivity (Wildman–Crippen MR) is 130 cm³/mol. The van der Waals surface area contributed by atoms with Crippen molar-refractivity contribution in [3.05, 3.63) is 99.3 Å². The molecule has 3 aromatic rings. The first-order chi connectivity index (χ1) is 16.2. The normalized spacial score (nSPS) is 17.5. The smallest absolute Gasteiger partial charge is 0.300 e. The lowest BCUT2D eigenvalue weighted by Gasteiger charge is -2.25. The second-order valence-electron chi connectivity index (χ2n) is 8.01. The molecule has 1 heterocycles. The molecule has 34 heavy (non-hydrogen) atoms. The molecule has 174 valence electrons. The first-order valence-corrected chi connectivity index (χ1v) is 11.2. The minimum absolute atomic E-state index is 0.0304. The summed E-state index contributed by atoms with van der Waals surface area (Å²) in [7, 11) is 0. The average Bonchev–Trinajstić information content (AvgIpc) is 3.06. The monoisotopic (exact) mass is 499 g/mol. The van der Waals surface area contributed by atoms with Crippen LogP contribution < -0.4 is 9.64 Å². The lowest BCUT2D eigenvalue weighted by molar-refractivity contribution is -0.132. The Kier molecular flexibility index (Phi) is 6.64. The zero-order chi connectivity index (χ0) is 24.6. The molecular weight excluding hydrogens is 480 g/mol. The van der Waals surface area contributed by atoms with Gasteiger partial charge in [-0.05, 0) is 74.0 Å². The van der Waals surface area contributed by atoms with Crippen molar-refractivity contribution in [2.45, 2.75) is 26.0 Å². The predicted octanol–water partition coefficient (Wildman–Crippen LogP) is 6.55. The molecule has 0 radical (unpaired) electrons. The molecule has 3 aromatic carbocycles. The molecule has 1 N–H and O–H groups in total. The van der Waals surface area contributed by atoms with Crippen LogP contribution in [-0.4, -0.2) is 22.9 Å². The number of hydrogen-bond donors (Lipinski definition) is 1. The Morgan fingerprint density at radius 1 is 1.00 bits per heavy atom. The lowest BCUT2D eigenvalue weighted by Crippen LogP contribution is -2.29. The third kappa shape index (κ3) is 4.52. The van der Waals surface area contributed by atoms with E-state index < -0.39 is 23.5 Å². The molecule has 0 bridgehead atoms. The molecule has 1 aliphatic heterocycles. The number of ketones is 1. The largest absolute Gasteiger partial charge is 0.507 e. The number of halogens is 3. The van der Waals surface area contributed by atoms with Crippen molar-refractivity contribution in [3.63, 3.8) is 0 Å². The van der Waals surface area contributed by atoms with E-state index in [-0.39, 0.29) is 28.1 Å². The van der Waals surface area contributed by atoms with Gasteiger partial charge in [-0.2, -0.15) is 0 Å². The number of amides is 1. The standard InChI is InChI=1S/C26H20Cl2FNO4/c1-14(2)34-19-10-5-16(6-11-19)24(31)22-23(15-3-7-17(27)8-4-15)30(26(33)25(22)32)18-9-12-21(29)20(28)13-18/h3-14,23,31H,1-2H3/b24-22+. The van der Waals surface area contributed by atoms with Crippen molar-refractivity contribution < 1.29 is 23.8 Å². The van der Waals surface area contributed by atoms with E-state index in [9.17, 15) is 19.1 Å². The number of rotatable bonds is 5. The molecule has 0 spiro atoms. The van der Waals surface area contributed by atoms with Gasteiger partial charge in [0.05, 0.1) is 22.7 Å². The van der Waals surface area contributed by atoms with Crippen molar-refractivity contribution in [1.29, 1.82) is 0 Å². The molecule has 1 unspecified atom stereocenters. The first-order valence-electron chi connectivity index (χ1n) is 10.5. The fourth-order valence-electron chi connectivity index (χ4n) is 3.81. The SMILES string of the molecule is CC(C)Oc1ccc(/C(O)=C2\C(=O)C(=O)N(c3ccc(F)c(Cl)c3)C2c2ccc(Cl)cc2)cc1. The van der Waals surface area contributed by atoms with Gasteiger partial charge >= 0.3 is 0 Å². The Hall–Kier alpha value is -3.35. The van der Waals surface area contributed by atoms with Crippen LogP contribution >= 0.6 is 23.2 Å². The van der Waals surface area contributed by atoms with E-state index in [2.05, 4.69) is 0 Å². The number of nitrogens with zero attached hydrogens (tertiary/aromatic N) is 1. The van der Waals surface area contributed by atoms with Gasteiger partial charge < -0.3 is 9.84 Å².